The molecular weight excluding hydrogens is 262 g/mol. The second kappa shape index (κ2) is 6.75. The number of hydrogen-bond donors (Lipinski definition) is 0. The van der Waals surface area contributed by atoms with E-state index in [1.165, 1.54) is 0 Å². The van der Waals surface area contributed by atoms with Crippen molar-refractivity contribution in [3.63, 3.8) is 0 Å². The largest absolute Gasteiger partial charge is 0.466 e. The van der Waals surface area contributed by atoms with Gasteiger partial charge >= 0.3 is 5.97 Å². The number of esters is 1. The minimum absolute atomic E-state index is 0.0399. The van der Waals surface area contributed by atoms with E-state index in [-0.39, 0.29) is 11.9 Å². The maximum absolute atomic E-state index is 11.7. The van der Waals surface area contributed by atoms with Gasteiger partial charge in [0.05, 0.1) is 12.5 Å². The molecule has 2 heterocycles. The van der Waals surface area contributed by atoms with Gasteiger partial charge in [0.25, 0.3) is 0 Å². The number of hydrogen-bond acceptors (Lipinski definition) is 6. The second-order valence-electron chi connectivity index (χ2n) is 4.43. The van der Waals surface area contributed by atoms with E-state index >= 15 is 0 Å². The summed E-state index contributed by atoms with van der Waals surface area (Å²) in [5.41, 5.74) is 0. The maximum atomic E-state index is 11.7. The summed E-state index contributed by atoms with van der Waals surface area (Å²) < 4.78 is 5.07. The van der Waals surface area contributed by atoms with Crippen molar-refractivity contribution >= 4 is 23.5 Å². The molecule has 5 nitrogen and oxygen atoms in total. The molecule has 1 saturated heterocycles. The molecule has 0 amide bonds. The van der Waals surface area contributed by atoms with Crippen LogP contribution in [0.15, 0.2) is 17.4 Å². The fourth-order valence-electron chi connectivity index (χ4n) is 2.22. The number of piperidine rings is 1. The average molecular weight is 281 g/mol. The molecule has 1 aliphatic heterocycles. The van der Waals surface area contributed by atoms with E-state index in [1.807, 2.05) is 19.2 Å². The quantitative estimate of drug-likeness (QED) is 0.478. The van der Waals surface area contributed by atoms with E-state index < -0.39 is 0 Å². The van der Waals surface area contributed by atoms with Crippen LogP contribution in [0.25, 0.3) is 0 Å². The molecule has 2 rings (SSSR count). The highest BCUT2D eigenvalue weighted by Crippen LogP contribution is 2.24. The van der Waals surface area contributed by atoms with Gasteiger partial charge in [-0.15, -0.1) is 11.8 Å². The molecular formula is C13H19N3O2S. The molecule has 0 bridgehead atoms. The summed E-state index contributed by atoms with van der Waals surface area (Å²) in [7, 11) is 0. The summed E-state index contributed by atoms with van der Waals surface area (Å²) in [6, 6.07) is 2.00. The zero-order valence-corrected chi connectivity index (χ0v) is 12.2. The van der Waals surface area contributed by atoms with Crippen LogP contribution >= 0.6 is 11.8 Å². The van der Waals surface area contributed by atoms with Gasteiger partial charge in [-0.2, -0.15) is 0 Å². The summed E-state index contributed by atoms with van der Waals surface area (Å²) >= 11 is 1.61. The predicted octanol–water partition coefficient (Wildman–Crippen LogP) is 1.98. The number of rotatable bonds is 4. The first kappa shape index (κ1) is 14.1. The van der Waals surface area contributed by atoms with Gasteiger partial charge in [-0.1, -0.05) is 0 Å². The summed E-state index contributed by atoms with van der Waals surface area (Å²) in [6.07, 6.45) is 5.26. The smallest absolute Gasteiger partial charge is 0.309 e. The van der Waals surface area contributed by atoms with Crippen molar-refractivity contribution in [3.05, 3.63) is 12.4 Å². The Bertz CT molecular complexity index is 434. The van der Waals surface area contributed by atoms with Crippen molar-refractivity contribution in [1.82, 2.24) is 9.97 Å². The number of aromatic nitrogens is 2. The van der Waals surface area contributed by atoms with E-state index in [9.17, 15) is 4.79 Å². The molecule has 0 unspecified atom stereocenters. The molecule has 0 spiro atoms. The fourth-order valence-corrected chi connectivity index (χ4v) is 2.59. The van der Waals surface area contributed by atoms with E-state index in [0.717, 1.165) is 36.8 Å². The Balaban J connectivity index is 1.94. The molecule has 6 heteroatoms. The summed E-state index contributed by atoms with van der Waals surface area (Å²) in [4.78, 5) is 22.4. The lowest BCUT2D eigenvalue weighted by atomic mass is 9.97. The first-order valence-electron chi connectivity index (χ1n) is 6.52. The normalized spacial score (nSPS) is 16.4. The zero-order chi connectivity index (χ0) is 13.7. The van der Waals surface area contributed by atoms with E-state index in [4.69, 9.17) is 4.74 Å². The van der Waals surface area contributed by atoms with Gasteiger partial charge in [-0.25, -0.2) is 9.97 Å². The first-order chi connectivity index (χ1) is 9.24. The van der Waals surface area contributed by atoms with Crippen molar-refractivity contribution in [2.24, 2.45) is 5.92 Å². The Morgan fingerprint density at radius 1 is 1.47 bits per heavy atom. The summed E-state index contributed by atoms with van der Waals surface area (Å²) in [6.45, 7) is 3.99. The van der Waals surface area contributed by atoms with Gasteiger partial charge in [-0.05, 0) is 26.0 Å². The van der Waals surface area contributed by atoms with E-state index in [0.29, 0.717) is 6.61 Å². The van der Waals surface area contributed by atoms with E-state index in [2.05, 4.69) is 14.9 Å². The van der Waals surface area contributed by atoms with Crippen LogP contribution in [0.1, 0.15) is 19.8 Å². The van der Waals surface area contributed by atoms with Crippen LogP contribution in [0.2, 0.25) is 0 Å². The van der Waals surface area contributed by atoms with Gasteiger partial charge in [-0.3, -0.25) is 4.79 Å². The number of carbonyl (C=O) groups is 1. The third kappa shape index (κ3) is 3.59. The van der Waals surface area contributed by atoms with Crippen LogP contribution in [0.5, 0.6) is 0 Å². The van der Waals surface area contributed by atoms with Crippen LogP contribution in [-0.4, -0.2) is 41.9 Å². The van der Waals surface area contributed by atoms with Crippen LogP contribution < -0.4 is 4.90 Å². The minimum atomic E-state index is -0.0605. The molecule has 0 saturated carbocycles. The molecule has 104 valence electrons. The average Bonchev–Trinajstić information content (AvgIpc) is 2.48. The SMILES string of the molecule is CCOC(=O)C1CCN(c2cc(SC)ncn2)CC1. The van der Waals surface area contributed by atoms with Crippen molar-refractivity contribution < 1.29 is 9.53 Å². The number of thioether (sulfide) groups is 1. The molecule has 1 fully saturated rings. The van der Waals surface area contributed by atoms with Crippen molar-refractivity contribution in [3.8, 4) is 0 Å². The third-order valence-electron chi connectivity index (χ3n) is 3.28. The molecule has 0 N–H and O–H groups in total. The topological polar surface area (TPSA) is 55.3 Å². The van der Waals surface area contributed by atoms with Crippen molar-refractivity contribution in [2.45, 2.75) is 24.8 Å². The Morgan fingerprint density at radius 2 is 2.21 bits per heavy atom. The zero-order valence-electron chi connectivity index (χ0n) is 11.3. The molecule has 1 aliphatic rings. The molecule has 0 aromatic carbocycles. The molecule has 0 atom stereocenters. The highest BCUT2D eigenvalue weighted by atomic mass is 32.2. The van der Waals surface area contributed by atoms with Crippen molar-refractivity contribution in [1.29, 1.82) is 0 Å². The van der Waals surface area contributed by atoms with Crippen LogP contribution in [0, 0.1) is 5.92 Å². The predicted molar refractivity (Wildman–Crippen MR) is 75.4 cm³/mol. The highest BCUT2D eigenvalue weighted by Gasteiger charge is 2.26. The molecule has 19 heavy (non-hydrogen) atoms. The fraction of sp³-hybridized carbons (Fsp3) is 0.615. The van der Waals surface area contributed by atoms with Crippen LogP contribution in [-0.2, 0) is 9.53 Å². The standard InChI is InChI=1S/C13H19N3O2S/c1-3-18-13(17)10-4-6-16(7-5-10)11-8-12(19-2)15-9-14-11/h8-10H,3-7H2,1-2H3. The summed E-state index contributed by atoms with van der Waals surface area (Å²) in [5.74, 6) is 0.925. The Labute approximate surface area is 117 Å². The Hall–Kier alpha value is -1.30. The lowest BCUT2D eigenvalue weighted by molar-refractivity contribution is -0.148. The van der Waals surface area contributed by atoms with E-state index in [1.54, 1.807) is 18.1 Å². The monoisotopic (exact) mass is 281 g/mol. The highest BCUT2D eigenvalue weighted by molar-refractivity contribution is 7.98. The maximum Gasteiger partial charge on any atom is 0.309 e. The van der Waals surface area contributed by atoms with Gasteiger partial charge in [0.1, 0.15) is 17.2 Å². The number of ether oxygens (including phenoxy) is 1. The van der Waals surface area contributed by atoms with Gasteiger partial charge < -0.3 is 9.64 Å². The summed E-state index contributed by atoms with van der Waals surface area (Å²) in [5, 5.41) is 0.970. The molecule has 1 aromatic rings. The lowest BCUT2D eigenvalue weighted by Gasteiger charge is -2.31. The van der Waals surface area contributed by atoms with Crippen molar-refractivity contribution in [2.75, 3.05) is 30.9 Å². The second-order valence-corrected chi connectivity index (χ2v) is 5.26. The Morgan fingerprint density at radius 3 is 2.84 bits per heavy atom. The van der Waals surface area contributed by atoms with Gasteiger partial charge in [0, 0.05) is 19.2 Å². The van der Waals surface area contributed by atoms with Crippen LogP contribution in [0.3, 0.4) is 0 Å². The molecule has 0 aliphatic carbocycles. The minimum Gasteiger partial charge on any atom is -0.466 e. The third-order valence-corrected chi connectivity index (χ3v) is 3.92. The lowest BCUT2D eigenvalue weighted by Crippen LogP contribution is -2.37. The van der Waals surface area contributed by atoms with Gasteiger partial charge in [0.2, 0.25) is 0 Å². The molecule has 0 radical (unpaired) electrons. The number of carbonyl (C=O) groups excluding carboxylic acids is 1. The first-order valence-corrected chi connectivity index (χ1v) is 7.74. The number of anilines is 1. The van der Waals surface area contributed by atoms with Crippen LogP contribution in [0.4, 0.5) is 5.82 Å². The van der Waals surface area contributed by atoms with Gasteiger partial charge in [0.15, 0.2) is 0 Å². The molecule has 1 aromatic heterocycles. The Kier molecular flexibility index (Phi) is 5.01. The number of nitrogens with zero attached hydrogens (tertiary/aromatic N) is 3.